The summed E-state index contributed by atoms with van der Waals surface area (Å²) < 4.78 is 2.03. The van der Waals surface area contributed by atoms with E-state index in [4.69, 9.17) is 0 Å². The van der Waals surface area contributed by atoms with E-state index in [0.29, 0.717) is 16.8 Å². The lowest BCUT2D eigenvalue weighted by Crippen LogP contribution is -2.48. The minimum atomic E-state index is -1.22. The lowest BCUT2D eigenvalue weighted by atomic mass is 9.92. The summed E-state index contributed by atoms with van der Waals surface area (Å²) in [4.78, 5) is 37.4. The molecule has 1 atom stereocenters. The van der Waals surface area contributed by atoms with Gasteiger partial charge in [0, 0.05) is 6.04 Å². The fourth-order valence-electron chi connectivity index (χ4n) is 3.20. The largest absolute Gasteiger partial charge is 0.344 e. The molecule has 0 bridgehead atoms. The van der Waals surface area contributed by atoms with Gasteiger partial charge in [0.25, 0.3) is 5.91 Å². The number of hydrogen-bond acceptors (Lipinski definition) is 6. The van der Waals surface area contributed by atoms with Gasteiger partial charge in [0.1, 0.15) is 11.4 Å². The third-order valence-electron chi connectivity index (χ3n) is 4.86. The molecule has 1 saturated carbocycles. The average Bonchev–Trinajstić information content (AvgIpc) is 3.42. The summed E-state index contributed by atoms with van der Waals surface area (Å²) in [6, 6.07) is 8.65. The first-order valence-corrected chi connectivity index (χ1v) is 9.94. The van der Waals surface area contributed by atoms with E-state index < -0.39 is 23.4 Å². The minimum absolute atomic E-state index is 0.0178. The van der Waals surface area contributed by atoms with Gasteiger partial charge in [-0.15, -0.1) is 10.2 Å². The zero-order valence-corrected chi connectivity index (χ0v) is 16.3. The maximum absolute atomic E-state index is 12.8. The number of amides is 4. The number of nitrogens with zero attached hydrogens (tertiary/aromatic N) is 4. The van der Waals surface area contributed by atoms with Crippen LogP contribution in [0.25, 0.3) is 0 Å². The lowest BCUT2D eigenvalue weighted by molar-refractivity contribution is -0.138. The summed E-state index contributed by atoms with van der Waals surface area (Å²) in [6.45, 7) is 3.50. The fraction of sp³-hybridized carbons (Fsp3) is 0.389. The number of carbonyl (C=O) groups excluding carboxylic acids is 3. The molecule has 2 aromatic rings. The number of rotatable bonds is 6. The number of imide groups is 1. The summed E-state index contributed by atoms with van der Waals surface area (Å²) in [5.74, 6) is -0.157. The summed E-state index contributed by atoms with van der Waals surface area (Å²) in [7, 11) is 0. The second-order valence-electron chi connectivity index (χ2n) is 7.02. The SMILES string of the molecule is Cc1nnc(SCC(=O)NN2C(=O)N[C@](C)(c3ccccc3)C2=O)n1C1CC1. The standard InChI is InChI=1S/C18H20N6O3S/c1-11-20-21-17(23(11)13-8-9-13)28-10-14(25)22-24-15(26)18(2,19-16(24)27)12-6-4-3-5-7-12/h3-7,13H,8-10H2,1-2H3,(H,19,27)(H,22,25)/t18-/m1/s1. The van der Waals surface area contributed by atoms with Crippen molar-refractivity contribution in [3.05, 3.63) is 41.7 Å². The van der Waals surface area contributed by atoms with Crippen LogP contribution in [0.4, 0.5) is 4.79 Å². The Morgan fingerprint density at radius 1 is 1.29 bits per heavy atom. The van der Waals surface area contributed by atoms with Gasteiger partial charge in [-0.1, -0.05) is 42.1 Å². The second kappa shape index (κ2) is 6.93. The summed E-state index contributed by atoms with van der Waals surface area (Å²) in [5.41, 5.74) is 1.82. The third-order valence-corrected chi connectivity index (χ3v) is 5.80. The number of hydrazine groups is 1. The molecule has 146 valence electrons. The van der Waals surface area contributed by atoms with E-state index in [0.717, 1.165) is 23.7 Å². The van der Waals surface area contributed by atoms with Gasteiger partial charge in [-0.05, 0) is 32.3 Å². The molecule has 9 nitrogen and oxygen atoms in total. The van der Waals surface area contributed by atoms with Gasteiger partial charge >= 0.3 is 6.03 Å². The highest BCUT2D eigenvalue weighted by molar-refractivity contribution is 7.99. The summed E-state index contributed by atoms with van der Waals surface area (Å²) >= 11 is 1.23. The van der Waals surface area contributed by atoms with Gasteiger partial charge in [-0.25, -0.2) is 4.79 Å². The maximum atomic E-state index is 12.8. The van der Waals surface area contributed by atoms with Crippen molar-refractivity contribution < 1.29 is 14.4 Å². The third kappa shape index (κ3) is 3.24. The molecule has 10 heteroatoms. The molecule has 1 saturated heterocycles. The van der Waals surface area contributed by atoms with Gasteiger partial charge in [0.15, 0.2) is 5.16 Å². The van der Waals surface area contributed by atoms with Crippen LogP contribution in [0.15, 0.2) is 35.5 Å². The molecule has 2 heterocycles. The number of thioether (sulfide) groups is 1. The zero-order valence-electron chi connectivity index (χ0n) is 15.5. The molecule has 1 aliphatic heterocycles. The molecule has 1 aromatic heterocycles. The second-order valence-corrected chi connectivity index (χ2v) is 7.96. The Labute approximate surface area is 165 Å². The number of carbonyl (C=O) groups is 3. The molecule has 0 spiro atoms. The average molecular weight is 400 g/mol. The van der Waals surface area contributed by atoms with Crippen LogP contribution < -0.4 is 10.7 Å². The predicted octanol–water partition coefficient (Wildman–Crippen LogP) is 1.51. The van der Waals surface area contributed by atoms with Gasteiger partial charge in [0.05, 0.1) is 5.75 Å². The van der Waals surface area contributed by atoms with E-state index in [2.05, 4.69) is 20.9 Å². The minimum Gasteiger partial charge on any atom is -0.318 e. The van der Waals surface area contributed by atoms with Crippen LogP contribution in [0.1, 0.15) is 37.2 Å². The van der Waals surface area contributed by atoms with Gasteiger partial charge in [-0.2, -0.15) is 5.01 Å². The van der Waals surface area contributed by atoms with E-state index in [1.807, 2.05) is 17.6 Å². The topological polar surface area (TPSA) is 109 Å². The maximum Gasteiger partial charge on any atom is 0.344 e. The molecule has 0 radical (unpaired) electrons. The van der Waals surface area contributed by atoms with E-state index in [9.17, 15) is 14.4 Å². The first-order chi connectivity index (χ1) is 13.4. The molecule has 2 aliphatic rings. The number of benzene rings is 1. The lowest BCUT2D eigenvalue weighted by Gasteiger charge is -2.22. The van der Waals surface area contributed by atoms with E-state index in [-0.39, 0.29) is 5.75 Å². The van der Waals surface area contributed by atoms with Crippen LogP contribution >= 0.6 is 11.8 Å². The van der Waals surface area contributed by atoms with Crippen molar-refractivity contribution in [2.75, 3.05) is 5.75 Å². The van der Waals surface area contributed by atoms with E-state index >= 15 is 0 Å². The van der Waals surface area contributed by atoms with E-state index in [1.165, 1.54) is 11.8 Å². The van der Waals surface area contributed by atoms with Gasteiger partial charge in [0.2, 0.25) is 5.91 Å². The highest BCUT2D eigenvalue weighted by Crippen LogP contribution is 2.38. The van der Waals surface area contributed by atoms with Crippen LogP contribution in [-0.4, -0.2) is 43.4 Å². The Balaban J connectivity index is 1.41. The quantitative estimate of drug-likeness (QED) is 0.562. The smallest absolute Gasteiger partial charge is 0.318 e. The molecule has 28 heavy (non-hydrogen) atoms. The highest BCUT2D eigenvalue weighted by atomic mass is 32.2. The van der Waals surface area contributed by atoms with Crippen LogP contribution in [0.5, 0.6) is 0 Å². The molecule has 4 amide bonds. The number of hydrogen-bond donors (Lipinski definition) is 2. The van der Waals surface area contributed by atoms with Gasteiger partial charge < -0.3 is 9.88 Å². The Hall–Kier alpha value is -2.88. The van der Waals surface area contributed by atoms with Crippen molar-refractivity contribution in [2.24, 2.45) is 0 Å². The Bertz CT molecular complexity index is 942. The van der Waals surface area contributed by atoms with Crippen LogP contribution in [0.2, 0.25) is 0 Å². The molecule has 4 rings (SSSR count). The highest BCUT2D eigenvalue weighted by Gasteiger charge is 2.49. The molecule has 1 aromatic carbocycles. The molecule has 0 unspecified atom stereocenters. The Kier molecular flexibility index (Phi) is 4.58. The normalized spacial score (nSPS) is 21.7. The molecule has 1 aliphatic carbocycles. The summed E-state index contributed by atoms with van der Waals surface area (Å²) in [5, 5.41) is 12.2. The fourth-order valence-corrected chi connectivity index (χ4v) is 4.04. The van der Waals surface area contributed by atoms with Crippen molar-refractivity contribution in [1.82, 2.24) is 30.5 Å². The number of nitrogens with one attached hydrogen (secondary N) is 2. The van der Waals surface area contributed by atoms with Crippen LogP contribution in [-0.2, 0) is 15.1 Å². The van der Waals surface area contributed by atoms with Gasteiger partial charge in [-0.3, -0.25) is 15.0 Å². The number of aromatic nitrogens is 3. The first-order valence-electron chi connectivity index (χ1n) is 8.96. The van der Waals surface area contributed by atoms with Crippen molar-refractivity contribution in [3.8, 4) is 0 Å². The summed E-state index contributed by atoms with van der Waals surface area (Å²) in [6.07, 6.45) is 2.16. The van der Waals surface area contributed by atoms with Crippen molar-refractivity contribution in [2.45, 2.75) is 43.4 Å². The Morgan fingerprint density at radius 3 is 2.68 bits per heavy atom. The molecular formula is C18H20N6O3S. The molecule has 2 fully saturated rings. The Morgan fingerprint density at radius 2 is 2.00 bits per heavy atom. The predicted molar refractivity (Wildman–Crippen MR) is 101 cm³/mol. The van der Waals surface area contributed by atoms with Crippen molar-refractivity contribution in [1.29, 1.82) is 0 Å². The molecular weight excluding hydrogens is 380 g/mol. The number of urea groups is 1. The number of aryl methyl sites for hydroxylation is 1. The van der Waals surface area contributed by atoms with Crippen LogP contribution in [0, 0.1) is 6.92 Å². The molecule has 2 N–H and O–H groups in total. The van der Waals surface area contributed by atoms with Crippen LogP contribution in [0.3, 0.4) is 0 Å². The zero-order chi connectivity index (χ0) is 19.9. The van der Waals surface area contributed by atoms with Crippen molar-refractivity contribution in [3.63, 3.8) is 0 Å². The monoisotopic (exact) mass is 400 g/mol. The first kappa shape index (κ1) is 18.5. The van der Waals surface area contributed by atoms with Crippen molar-refractivity contribution >= 4 is 29.6 Å². The van der Waals surface area contributed by atoms with E-state index in [1.54, 1.807) is 31.2 Å².